The fourth-order valence-corrected chi connectivity index (χ4v) is 1.78. The number of aryl methyl sites for hydroxylation is 2. The molecule has 4 nitrogen and oxygen atoms in total. The molecule has 0 aliphatic rings. The number of aromatic nitrogens is 2. The number of nitrogen functional groups attached to an aromatic ring is 1. The Morgan fingerprint density at radius 1 is 1.11 bits per heavy atom. The standard InChI is InChI=1S/C14H17N3O/c1-10-8-11(2)17-14(16-10)6-7-18-13-5-3-4-12(15)9-13/h3-5,8-9H,6-7,15H2,1-2H3. The highest BCUT2D eigenvalue weighted by Crippen LogP contribution is 2.14. The molecule has 0 bridgehead atoms. The molecule has 1 heterocycles. The first-order chi connectivity index (χ1) is 8.63. The summed E-state index contributed by atoms with van der Waals surface area (Å²) in [6, 6.07) is 9.36. The second-order valence-electron chi connectivity index (χ2n) is 4.24. The summed E-state index contributed by atoms with van der Waals surface area (Å²) in [4.78, 5) is 8.73. The maximum absolute atomic E-state index is 5.68. The lowest BCUT2D eigenvalue weighted by atomic mass is 10.3. The number of hydrogen-bond acceptors (Lipinski definition) is 4. The van der Waals surface area contributed by atoms with Gasteiger partial charge in [0.15, 0.2) is 0 Å². The lowest BCUT2D eigenvalue weighted by Crippen LogP contribution is -2.06. The van der Waals surface area contributed by atoms with Gasteiger partial charge in [0.2, 0.25) is 0 Å². The van der Waals surface area contributed by atoms with E-state index in [1.807, 2.05) is 44.2 Å². The van der Waals surface area contributed by atoms with Gasteiger partial charge in [-0.3, -0.25) is 0 Å². The van der Waals surface area contributed by atoms with Gasteiger partial charge in [-0.1, -0.05) is 6.07 Å². The first kappa shape index (κ1) is 12.4. The molecular weight excluding hydrogens is 226 g/mol. The highest BCUT2D eigenvalue weighted by Gasteiger charge is 2.01. The second kappa shape index (κ2) is 5.49. The van der Waals surface area contributed by atoms with E-state index in [9.17, 15) is 0 Å². The monoisotopic (exact) mass is 243 g/mol. The van der Waals surface area contributed by atoms with Crippen molar-refractivity contribution in [1.29, 1.82) is 0 Å². The van der Waals surface area contributed by atoms with Crippen LogP contribution in [-0.2, 0) is 6.42 Å². The summed E-state index contributed by atoms with van der Waals surface area (Å²) < 4.78 is 5.61. The van der Waals surface area contributed by atoms with E-state index in [1.54, 1.807) is 0 Å². The minimum Gasteiger partial charge on any atom is -0.493 e. The summed E-state index contributed by atoms with van der Waals surface area (Å²) in [6.07, 6.45) is 0.692. The van der Waals surface area contributed by atoms with Crippen LogP contribution in [0.3, 0.4) is 0 Å². The first-order valence-corrected chi connectivity index (χ1v) is 5.93. The molecule has 0 unspecified atom stereocenters. The van der Waals surface area contributed by atoms with Crippen LogP contribution in [0.1, 0.15) is 17.2 Å². The van der Waals surface area contributed by atoms with Gasteiger partial charge in [0.1, 0.15) is 11.6 Å². The molecular formula is C14H17N3O. The zero-order valence-corrected chi connectivity index (χ0v) is 10.7. The lowest BCUT2D eigenvalue weighted by molar-refractivity contribution is 0.319. The Hall–Kier alpha value is -2.10. The molecule has 0 fully saturated rings. The van der Waals surface area contributed by atoms with E-state index in [1.165, 1.54) is 0 Å². The zero-order valence-electron chi connectivity index (χ0n) is 10.7. The van der Waals surface area contributed by atoms with E-state index in [-0.39, 0.29) is 0 Å². The van der Waals surface area contributed by atoms with E-state index in [0.717, 1.165) is 23.0 Å². The molecule has 0 saturated heterocycles. The van der Waals surface area contributed by atoms with Gasteiger partial charge in [-0.2, -0.15) is 0 Å². The van der Waals surface area contributed by atoms with E-state index in [2.05, 4.69) is 9.97 Å². The van der Waals surface area contributed by atoms with Crippen molar-refractivity contribution in [2.75, 3.05) is 12.3 Å². The molecule has 0 aliphatic heterocycles. The molecule has 2 N–H and O–H groups in total. The van der Waals surface area contributed by atoms with Crippen LogP contribution < -0.4 is 10.5 Å². The van der Waals surface area contributed by atoms with Crippen LogP contribution in [0.2, 0.25) is 0 Å². The van der Waals surface area contributed by atoms with Crippen molar-refractivity contribution in [2.45, 2.75) is 20.3 Å². The molecule has 2 rings (SSSR count). The molecule has 1 aromatic heterocycles. The number of ether oxygens (including phenoxy) is 1. The van der Waals surface area contributed by atoms with Crippen molar-refractivity contribution in [2.24, 2.45) is 0 Å². The Morgan fingerprint density at radius 2 is 1.83 bits per heavy atom. The van der Waals surface area contributed by atoms with E-state index < -0.39 is 0 Å². The molecule has 0 spiro atoms. The molecule has 0 amide bonds. The molecule has 4 heteroatoms. The molecule has 1 aromatic carbocycles. The van der Waals surface area contributed by atoms with Crippen LogP contribution in [-0.4, -0.2) is 16.6 Å². The SMILES string of the molecule is Cc1cc(C)nc(CCOc2cccc(N)c2)n1. The largest absolute Gasteiger partial charge is 0.493 e. The third-order valence-corrected chi connectivity index (χ3v) is 2.48. The number of rotatable bonds is 4. The summed E-state index contributed by atoms with van der Waals surface area (Å²) in [5.41, 5.74) is 8.36. The van der Waals surface area contributed by atoms with Gasteiger partial charge in [-0.05, 0) is 32.0 Å². The van der Waals surface area contributed by atoms with E-state index >= 15 is 0 Å². The van der Waals surface area contributed by atoms with Gasteiger partial charge in [0.25, 0.3) is 0 Å². The molecule has 0 atom stereocenters. The normalized spacial score (nSPS) is 10.3. The minimum atomic E-state index is 0.548. The van der Waals surface area contributed by atoms with E-state index in [4.69, 9.17) is 10.5 Å². The van der Waals surface area contributed by atoms with Gasteiger partial charge in [0.05, 0.1) is 6.61 Å². The Bertz CT molecular complexity index is 520. The van der Waals surface area contributed by atoms with Gasteiger partial charge in [0, 0.05) is 29.6 Å². The van der Waals surface area contributed by atoms with Crippen molar-refractivity contribution in [3.05, 3.63) is 47.5 Å². The van der Waals surface area contributed by atoms with Crippen molar-refractivity contribution >= 4 is 5.69 Å². The lowest BCUT2D eigenvalue weighted by Gasteiger charge is -2.07. The molecule has 18 heavy (non-hydrogen) atoms. The highest BCUT2D eigenvalue weighted by atomic mass is 16.5. The molecule has 2 aromatic rings. The van der Waals surface area contributed by atoms with Crippen LogP contribution >= 0.6 is 0 Å². The summed E-state index contributed by atoms with van der Waals surface area (Å²) >= 11 is 0. The Morgan fingerprint density at radius 3 is 2.50 bits per heavy atom. The predicted octanol–water partition coefficient (Wildman–Crippen LogP) is 2.30. The zero-order chi connectivity index (χ0) is 13.0. The van der Waals surface area contributed by atoms with Gasteiger partial charge in [-0.25, -0.2) is 9.97 Å². The fraction of sp³-hybridized carbons (Fsp3) is 0.286. The van der Waals surface area contributed by atoms with Gasteiger partial charge < -0.3 is 10.5 Å². The summed E-state index contributed by atoms with van der Waals surface area (Å²) in [7, 11) is 0. The van der Waals surface area contributed by atoms with Gasteiger partial charge >= 0.3 is 0 Å². The first-order valence-electron chi connectivity index (χ1n) is 5.93. The van der Waals surface area contributed by atoms with Crippen LogP contribution in [0.15, 0.2) is 30.3 Å². The molecule has 0 aliphatic carbocycles. The van der Waals surface area contributed by atoms with E-state index in [0.29, 0.717) is 18.7 Å². The number of hydrogen-bond donors (Lipinski definition) is 1. The topological polar surface area (TPSA) is 61.0 Å². The third kappa shape index (κ3) is 3.45. The van der Waals surface area contributed by atoms with Crippen molar-refractivity contribution in [1.82, 2.24) is 9.97 Å². The fourth-order valence-electron chi connectivity index (χ4n) is 1.78. The molecule has 0 radical (unpaired) electrons. The predicted molar refractivity (Wildman–Crippen MR) is 71.6 cm³/mol. The Kier molecular flexibility index (Phi) is 3.77. The Labute approximate surface area is 107 Å². The van der Waals surface area contributed by atoms with Crippen LogP contribution in [0.5, 0.6) is 5.75 Å². The van der Waals surface area contributed by atoms with Crippen LogP contribution in [0, 0.1) is 13.8 Å². The maximum atomic E-state index is 5.68. The van der Waals surface area contributed by atoms with Crippen molar-refractivity contribution in [3.8, 4) is 5.75 Å². The minimum absolute atomic E-state index is 0.548. The number of nitrogens with two attached hydrogens (primary N) is 1. The van der Waals surface area contributed by atoms with Crippen LogP contribution in [0.4, 0.5) is 5.69 Å². The second-order valence-corrected chi connectivity index (χ2v) is 4.24. The van der Waals surface area contributed by atoms with Crippen LogP contribution in [0.25, 0.3) is 0 Å². The summed E-state index contributed by atoms with van der Waals surface area (Å²) in [5, 5.41) is 0. The molecule has 94 valence electrons. The average molecular weight is 243 g/mol. The smallest absolute Gasteiger partial charge is 0.132 e. The quantitative estimate of drug-likeness (QED) is 0.837. The molecule has 0 saturated carbocycles. The number of anilines is 1. The third-order valence-electron chi connectivity index (χ3n) is 2.48. The van der Waals surface area contributed by atoms with Crippen molar-refractivity contribution in [3.63, 3.8) is 0 Å². The number of nitrogens with zero attached hydrogens (tertiary/aromatic N) is 2. The summed E-state index contributed by atoms with van der Waals surface area (Å²) in [6.45, 7) is 4.49. The summed E-state index contributed by atoms with van der Waals surface area (Å²) in [5.74, 6) is 1.59. The highest BCUT2D eigenvalue weighted by molar-refractivity contribution is 5.43. The van der Waals surface area contributed by atoms with Gasteiger partial charge in [-0.15, -0.1) is 0 Å². The Balaban J connectivity index is 1.92. The maximum Gasteiger partial charge on any atom is 0.132 e. The van der Waals surface area contributed by atoms with Crippen molar-refractivity contribution < 1.29 is 4.74 Å². The average Bonchev–Trinajstić information content (AvgIpc) is 2.27. The number of benzene rings is 1.